The van der Waals surface area contributed by atoms with Crippen LogP contribution in [0.3, 0.4) is 0 Å². The predicted molar refractivity (Wildman–Crippen MR) is 97.9 cm³/mol. The lowest BCUT2D eigenvalue weighted by atomic mass is 10.1. The fourth-order valence-electron chi connectivity index (χ4n) is 2.72. The molecule has 1 saturated carbocycles. The summed E-state index contributed by atoms with van der Waals surface area (Å²) in [6, 6.07) is 15.4. The monoisotopic (exact) mass is 356 g/mol. The van der Waals surface area contributed by atoms with Crippen molar-refractivity contribution in [1.82, 2.24) is 10.6 Å². The zero-order valence-electron chi connectivity index (χ0n) is 14.1. The van der Waals surface area contributed by atoms with Gasteiger partial charge in [-0.25, -0.2) is 0 Å². The Morgan fingerprint density at radius 3 is 1.80 bits per heavy atom. The number of rotatable bonds is 6. The molecule has 1 aliphatic carbocycles. The van der Waals surface area contributed by atoms with Crippen LogP contribution >= 0.6 is 11.6 Å². The lowest BCUT2D eigenvalue weighted by molar-refractivity contribution is -0.127. The minimum atomic E-state index is -0.217. The van der Waals surface area contributed by atoms with Gasteiger partial charge in [-0.3, -0.25) is 9.59 Å². The van der Waals surface area contributed by atoms with Crippen LogP contribution in [0.4, 0.5) is 0 Å². The Morgan fingerprint density at radius 2 is 1.32 bits per heavy atom. The number of carbonyl (C=O) groups excluding carboxylic acids is 2. The molecule has 2 aromatic carbocycles. The highest BCUT2D eigenvalue weighted by molar-refractivity contribution is 6.30. The maximum Gasteiger partial charge on any atom is 0.224 e. The average Bonchev–Trinajstić information content (AvgIpc) is 3.41. The first-order valence-corrected chi connectivity index (χ1v) is 8.76. The van der Waals surface area contributed by atoms with Crippen molar-refractivity contribution in [3.05, 3.63) is 70.2 Å². The number of hydrogen-bond acceptors (Lipinski definition) is 2. The number of hydrogen-bond donors (Lipinski definition) is 2. The third-order valence-corrected chi connectivity index (χ3v) is 4.68. The fraction of sp³-hybridized carbons (Fsp3) is 0.300. The van der Waals surface area contributed by atoms with Crippen LogP contribution < -0.4 is 10.6 Å². The van der Waals surface area contributed by atoms with E-state index >= 15 is 0 Å². The minimum Gasteiger partial charge on any atom is -0.352 e. The molecule has 2 N–H and O–H groups in total. The zero-order chi connectivity index (χ0) is 17.8. The SMILES string of the molecule is Cc1ccc(CNC(=O)C2CC2C(=O)NCc2ccc(Cl)cc2)cc1. The van der Waals surface area contributed by atoms with Crippen LogP contribution in [-0.4, -0.2) is 11.8 Å². The van der Waals surface area contributed by atoms with Crippen molar-refractivity contribution in [3.63, 3.8) is 0 Å². The summed E-state index contributed by atoms with van der Waals surface area (Å²) in [4.78, 5) is 24.3. The van der Waals surface area contributed by atoms with Gasteiger partial charge in [-0.15, -0.1) is 0 Å². The number of nitrogens with one attached hydrogen (secondary N) is 2. The number of halogens is 1. The normalized spacial score (nSPS) is 18.5. The number of carbonyl (C=O) groups is 2. The molecular weight excluding hydrogens is 336 g/mol. The van der Waals surface area contributed by atoms with Gasteiger partial charge in [-0.05, 0) is 36.6 Å². The van der Waals surface area contributed by atoms with Gasteiger partial charge >= 0.3 is 0 Å². The molecule has 0 spiro atoms. The Kier molecular flexibility index (Phi) is 5.39. The molecule has 0 bridgehead atoms. The molecule has 130 valence electrons. The molecule has 2 amide bonds. The first-order valence-electron chi connectivity index (χ1n) is 8.38. The summed E-state index contributed by atoms with van der Waals surface area (Å²) in [6.45, 7) is 2.97. The van der Waals surface area contributed by atoms with E-state index < -0.39 is 0 Å². The van der Waals surface area contributed by atoms with Crippen molar-refractivity contribution in [1.29, 1.82) is 0 Å². The van der Waals surface area contributed by atoms with Crippen LogP contribution in [-0.2, 0) is 22.7 Å². The molecule has 2 aromatic rings. The Labute approximate surface area is 152 Å². The van der Waals surface area contributed by atoms with Crippen molar-refractivity contribution < 1.29 is 9.59 Å². The van der Waals surface area contributed by atoms with Crippen LogP contribution in [0.1, 0.15) is 23.1 Å². The molecule has 0 aromatic heterocycles. The second kappa shape index (κ2) is 7.70. The minimum absolute atomic E-state index is 0.0489. The van der Waals surface area contributed by atoms with Gasteiger partial charge in [0, 0.05) is 18.1 Å². The first-order chi connectivity index (χ1) is 12.0. The van der Waals surface area contributed by atoms with E-state index in [0.29, 0.717) is 24.5 Å². The molecule has 1 fully saturated rings. The lowest BCUT2D eigenvalue weighted by Crippen LogP contribution is -2.29. The van der Waals surface area contributed by atoms with Crippen LogP contribution in [0.5, 0.6) is 0 Å². The van der Waals surface area contributed by atoms with E-state index in [-0.39, 0.29) is 23.7 Å². The zero-order valence-corrected chi connectivity index (χ0v) is 14.8. The second-order valence-corrected chi connectivity index (χ2v) is 6.93. The van der Waals surface area contributed by atoms with Crippen molar-refractivity contribution in [2.45, 2.75) is 26.4 Å². The highest BCUT2D eigenvalue weighted by Gasteiger charge is 2.47. The summed E-state index contributed by atoms with van der Waals surface area (Å²) in [5, 5.41) is 6.46. The van der Waals surface area contributed by atoms with Gasteiger partial charge in [-0.1, -0.05) is 53.6 Å². The molecule has 4 nitrogen and oxygen atoms in total. The standard InChI is InChI=1S/C20H21ClN2O2/c1-13-2-4-14(5-3-13)11-22-19(24)17-10-18(17)20(25)23-12-15-6-8-16(21)9-7-15/h2-9,17-18H,10-12H2,1H3,(H,22,24)(H,23,25). The van der Waals surface area contributed by atoms with Gasteiger partial charge in [0.25, 0.3) is 0 Å². The van der Waals surface area contributed by atoms with Crippen molar-refractivity contribution in [3.8, 4) is 0 Å². The van der Waals surface area contributed by atoms with Crippen LogP contribution in [0, 0.1) is 18.8 Å². The van der Waals surface area contributed by atoms with Gasteiger partial charge in [-0.2, -0.15) is 0 Å². The van der Waals surface area contributed by atoms with Gasteiger partial charge in [0.2, 0.25) is 11.8 Å². The maximum atomic E-state index is 12.2. The smallest absolute Gasteiger partial charge is 0.224 e. The molecule has 25 heavy (non-hydrogen) atoms. The fourth-order valence-corrected chi connectivity index (χ4v) is 2.85. The van der Waals surface area contributed by atoms with E-state index in [1.54, 1.807) is 12.1 Å². The Morgan fingerprint density at radius 1 is 0.880 bits per heavy atom. The highest BCUT2D eigenvalue weighted by atomic mass is 35.5. The number of amides is 2. The molecule has 2 unspecified atom stereocenters. The van der Waals surface area contributed by atoms with Gasteiger partial charge in [0.05, 0.1) is 11.8 Å². The molecule has 3 rings (SSSR count). The molecule has 5 heteroatoms. The average molecular weight is 357 g/mol. The van der Waals surface area contributed by atoms with Crippen molar-refractivity contribution in [2.75, 3.05) is 0 Å². The molecular formula is C20H21ClN2O2. The molecule has 0 saturated heterocycles. The maximum absolute atomic E-state index is 12.2. The third-order valence-electron chi connectivity index (χ3n) is 4.43. The van der Waals surface area contributed by atoms with Crippen LogP contribution in [0.25, 0.3) is 0 Å². The molecule has 0 heterocycles. The summed E-state index contributed by atoms with van der Waals surface area (Å²) in [6.07, 6.45) is 0.617. The Balaban J connectivity index is 1.41. The van der Waals surface area contributed by atoms with E-state index in [9.17, 15) is 9.59 Å². The van der Waals surface area contributed by atoms with Gasteiger partial charge < -0.3 is 10.6 Å². The molecule has 0 radical (unpaired) electrons. The second-order valence-electron chi connectivity index (χ2n) is 6.50. The molecule has 1 aliphatic rings. The lowest BCUT2D eigenvalue weighted by Gasteiger charge is -2.07. The van der Waals surface area contributed by atoms with E-state index in [0.717, 1.165) is 11.1 Å². The predicted octanol–water partition coefficient (Wildman–Crippen LogP) is 3.22. The summed E-state index contributed by atoms with van der Waals surface area (Å²) in [7, 11) is 0. The summed E-state index contributed by atoms with van der Waals surface area (Å²) in [5.41, 5.74) is 3.23. The van der Waals surface area contributed by atoms with E-state index in [1.165, 1.54) is 5.56 Å². The van der Waals surface area contributed by atoms with Crippen LogP contribution in [0.2, 0.25) is 5.02 Å². The van der Waals surface area contributed by atoms with E-state index in [1.807, 2.05) is 43.3 Å². The van der Waals surface area contributed by atoms with Crippen molar-refractivity contribution >= 4 is 23.4 Å². The van der Waals surface area contributed by atoms with Gasteiger partial charge in [0.1, 0.15) is 0 Å². The van der Waals surface area contributed by atoms with Crippen LogP contribution in [0.15, 0.2) is 48.5 Å². The van der Waals surface area contributed by atoms with E-state index in [2.05, 4.69) is 10.6 Å². The van der Waals surface area contributed by atoms with Crippen molar-refractivity contribution in [2.24, 2.45) is 11.8 Å². The van der Waals surface area contributed by atoms with Gasteiger partial charge in [0.15, 0.2) is 0 Å². The number of benzene rings is 2. The quantitative estimate of drug-likeness (QED) is 0.835. The molecule has 0 aliphatic heterocycles. The number of aryl methyl sites for hydroxylation is 1. The Bertz CT molecular complexity index is 691. The first kappa shape index (κ1) is 17.5. The largest absolute Gasteiger partial charge is 0.352 e. The summed E-state index contributed by atoms with van der Waals surface area (Å²) < 4.78 is 0. The third kappa shape index (κ3) is 4.83. The summed E-state index contributed by atoms with van der Waals surface area (Å²) in [5.74, 6) is -0.543. The highest BCUT2D eigenvalue weighted by Crippen LogP contribution is 2.38. The van der Waals surface area contributed by atoms with E-state index in [4.69, 9.17) is 11.6 Å². The molecule has 2 atom stereocenters. The Hall–Kier alpha value is -2.33. The topological polar surface area (TPSA) is 58.2 Å². The summed E-state index contributed by atoms with van der Waals surface area (Å²) >= 11 is 5.84.